The molecular formula is C25H29BrF3N7O4. The van der Waals surface area contributed by atoms with Gasteiger partial charge in [0.1, 0.15) is 5.75 Å². The number of carboxylic acid groups (broad SMARTS) is 1. The van der Waals surface area contributed by atoms with Crippen molar-refractivity contribution < 1.29 is 32.5 Å². The van der Waals surface area contributed by atoms with Crippen LogP contribution in [-0.2, 0) is 6.54 Å². The second-order valence-corrected chi connectivity index (χ2v) is 9.07. The van der Waals surface area contributed by atoms with Crippen molar-refractivity contribution in [1.29, 1.82) is 0 Å². The van der Waals surface area contributed by atoms with E-state index < -0.39 is 24.9 Å². The number of alkyl halides is 4. The van der Waals surface area contributed by atoms with Gasteiger partial charge in [0.15, 0.2) is 6.61 Å². The molecule has 3 aromatic rings. The van der Waals surface area contributed by atoms with Crippen LogP contribution in [0.5, 0.6) is 11.8 Å². The van der Waals surface area contributed by atoms with Crippen LogP contribution < -0.4 is 30.7 Å². The quantitative estimate of drug-likeness (QED) is 0.103. The minimum absolute atomic E-state index is 0.00864. The first kappa shape index (κ1) is 30.5. The van der Waals surface area contributed by atoms with Gasteiger partial charge >= 0.3 is 18.3 Å². The van der Waals surface area contributed by atoms with E-state index in [9.17, 15) is 18.0 Å². The van der Waals surface area contributed by atoms with Gasteiger partial charge in [-0.25, -0.2) is 4.79 Å². The number of benzene rings is 2. The Morgan fingerprint density at radius 2 is 1.57 bits per heavy atom. The van der Waals surface area contributed by atoms with Gasteiger partial charge in [-0.15, -0.1) is 0 Å². The molecule has 11 nitrogen and oxygen atoms in total. The second kappa shape index (κ2) is 15.5. The summed E-state index contributed by atoms with van der Waals surface area (Å²) in [5.41, 5.74) is 2.25. The second-order valence-electron chi connectivity index (χ2n) is 8.27. The molecule has 40 heavy (non-hydrogen) atoms. The van der Waals surface area contributed by atoms with Gasteiger partial charge in [-0.3, -0.25) is 0 Å². The molecule has 1 aromatic heterocycles. The van der Waals surface area contributed by atoms with Gasteiger partial charge < -0.3 is 35.8 Å². The van der Waals surface area contributed by atoms with Crippen molar-refractivity contribution in [2.45, 2.75) is 25.6 Å². The number of amides is 1. The highest BCUT2D eigenvalue weighted by molar-refractivity contribution is 9.09. The molecule has 0 bridgehead atoms. The number of anilines is 4. The maximum Gasteiger partial charge on any atom is 0.422 e. The molecule has 0 unspecified atom stereocenters. The van der Waals surface area contributed by atoms with Gasteiger partial charge in [0.05, 0.1) is 6.61 Å². The molecule has 0 spiro atoms. The zero-order valence-electron chi connectivity index (χ0n) is 21.3. The van der Waals surface area contributed by atoms with Crippen LogP contribution in [0.25, 0.3) is 0 Å². The van der Waals surface area contributed by atoms with Crippen LogP contribution in [0.2, 0.25) is 0 Å². The minimum Gasteiger partial charge on any atom is -0.494 e. The summed E-state index contributed by atoms with van der Waals surface area (Å²) in [5, 5.41) is 20.8. The number of hydrogen-bond donors (Lipinski definition) is 5. The molecule has 0 aliphatic carbocycles. The lowest BCUT2D eigenvalue weighted by Crippen LogP contribution is -2.23. The molecule has 0 aliphatic rings. The fourth-order valence-corrected chi connectivity index (χ4v) is 3.38. The summed E-state index contributed by atoms with van der Waals surface area (Å²) in [6.45, 7) is 0.229. The normalized spacial score (nSPS) is 11.0. The molecular weight excluding hydrogens is 599 g/mol. The topological polar surface area (TPSA) is 143 Å². The summed E-state index contributed by atoms with van der Waals surface area (Å²) in [4.78, 5) is 22.6. The smallest absolute Gasteiger partial charge is 0.422 e. The highest BCUT2D eigenvalue weighted by atomic mass is 79.9. The van der Waals surface area contributed by atoms with Crippen molar-refractivity contribution in [1.82, 2.24) is 20.3 Å². The number of ether oxygens (including phenoxy) is 2. The summed E-state index contributed by atoms with van der Waals surface area (Å²) < 4.78 is 48.5. The van der Waals surface area contributed by atoms with E-state index in [-0.39, 0.29) is 11.9 Å². The standard InChI is InChI=1S/C25H29BrF3N7O4/c26-11-1-14-39-20-9-3-17(4-10-20)15-32-21-34-22(36-23(35-21)40-16-25(27,28)29)33-19-7-5-18(6-8-19)30-12-2-13-31-24(37)38/h3-10,30-31H,1-2,11-16H2,(H,37,38)(H2,32,33,34,35,36). The fraction of sp³-hybridized carbons (Fsp3) is 0.360. The van der Waals surface area contributed by atoms with Crippen LogP contribution in [-0.4, -0.2) is 64.0 Å². The van der Waals surface area contributed by atoms with Crippen molar-refractivity contribution in [2.24, 2.45) is 0 Å². The van der Waals surface area contributed by atoms with Crippen LogP contribution in [0, 0.1) is 0 Å². The predicted octanol–water partition coefficient (Wildman–Crippen LogP) is 5.40. The van der Waals surface area contributed by atoms with Crippen LogP contribution in [0.1, 0.15) is 18.4 Å². The summed E-state index contributed by atoms with van der Waals surface area (Å²) in [6, 6.07) is 13.9. The Balaban J connectivity index is 1.62. The van der Waals surface area contributed by atoms with Crippen LogP contribution >= 0.6 is 15.9 Å². The van der Waals surface area contributed by atoms with Crippen molar-refractivity contribution in [3.8, 4) is 11.8 Å². The summed E-state index contributed by atoms with van der Waals surface area (Å²) in [6.07, 6.45) is -4.14. The Hall–Kier alpha value is -4.01. The largest absolute Gasteiger partial charge is 0.494 e. The summed E-state index contributed by atoms with van der Waals surface area (Å²) in [5.74, 6) is 0.752. The molecule has 0 saturated heterocycles. The minimum atomic E-state index is -4.56. The number of aromatic nitrogens is 3. The Morgan fingerprint density at radius 1 is 0.875 bits per heavy atom. The first-order chi connectivity index (χ1) is 19.2. The number of hydrogen-bond acceptors (Lipinski definition) is 9. The van der Waals surface area contributed by atoms with E-state index >= 15 is 0 Å². The Kier molecular flexibility index (Phi) is 11.9. The first-order valence-corrected chi connectivity index (χ1v) is 13.4. The zero-order chi connectivity index (χ0) is 28.8. The SMILES string of the molecule is O=C(O)NCCCNc1ccc(Nc2nc(NCc3ccc(OCCCBr)cc3)nc(OCC(F)(F)F)n2)cc1. The number of halogens is 4. The highest BCUT2D eigenvalue weighted by Gasteiger charge is 2.29. The number of carbonyl (C=O) groups is 1. The van der Waals surface area contributed by atoms with Crippen molar-refractivity contribution in [3.05, 3.63) is 54.1 Å². The van der Waals surface area contributed by atoms with Crippen LogP contribution in [0.4, 0.5) is 41.2 Å². The third-order valence-electron chi connectivity index (χ3n) is 5.00. The van der Waals surface area contributed by atoms with Gasteiger partial charge in [0.25, 0.3) is 0 Å². The third kappa shape index (κ3) is 11.8. The Labute approximate surface area is 237 Å². The molecule has 0 saturated carbocycles. The Bertz CT molecular complexity index is 1200. The van der Waals surface area contributed by atoms with Gasteiger partial charge in [-0.1, -0.05) is 28.1 Å². The molecule has 0 aliphatic heterocycles. The molecule has 216 valence electrons. The lowest BCUT2D eigenvalue weighted by Gasteiger charge is -2.13. The van der Waals surface area contributed by atoms with E-state index in [0.717, 1.165) is 28.8 Å². The predicted molar refractivity (Wildman–Crippen MR) is 148 cm³/mol. The first-order valence-electron chi connectivity index (χ1n) is 12.2. The zero-order valence-corrected chi connectivity index (χ0v) is 22.9. The van der Waals surface area contributed by atoms with Crippen molar-refractivity contribution >= 4 is 45.3 Å². The van der Waals surface area contributed by atoms with Crippen LogP contribution in [0.3, 0.4) is 0 Å². The molecule has 1 amide bonds. The van der Waals surface area contributed by atoms with E-state index in [1.54, 1.807) is 24.3 Å². The maximum absolute atomic E-state index is 12.7. The van der Waals surface area contributed by atoms with E-state index in [1.807, 2.05) is 24.3 Å². The average Bonchev–Trinajstić information content (AvgIpc) is 2.92. The maximum atomic E-state index is 12.7. The summed E-state index contributed by atoms with van der Waals surface area (Å²) in [7, 11) is 0. The third-order valence-corrected chi connectivity index (χ3v) is 5.56. The fourth-order valence-electron chi connectivity index (χ4n) is 3.15. The lowest BCUT2D eigenvalue weighted by molar-refractivity contribution is -0.154. The molecule has 0 atom stereocenters. The molecule has 0 radical (unpaired) electrons. The van der Waals surface area contributed by atoms with Crippen molar-refractivity contribution in [3.63, 3.8) is 0 Å². The average molecular weight is 628 g/mol. The van der Waals surface area contributed by atoms with E-state index in [0.29, 0.717) is 38.3 Å². The van der Waals surface area contributed by atoms with Crippen LogP contribution in [0.15, 0.2) is 48.5 Å². The van der Waals surface area contributed by atoms with Crippen molar-refractivity contribution in [2.75, 3.05) is 47.6 Å². The molecule has 0 fully saturated rings. The number of rotatable bonds is 16. The van der Waals surface area contributed by atoms with Gasteiger partial charge in [-0.2, -0.15) is 28.1 Å². The van der Waals surface area contributed by atoms with E-state index in [1.165, 1.54) is 0 Å². The highest BCUT2D eigenvalue weighted by Crippen LogP contribution is 2.21. The van der Waals surface area contributed by atoms with E-state index in [4.69, 9.17) is 14.6 Å². The number of nitrogens with one attached hydrogen (secondary N) is 4. The van der Waals surface area contributed by atoms with E-state index in [2.05, 4.69) is 52.1 Å². The monoisotopic (exact) mass is 627 g/mol. The molecule has 15 heteroatoms. The Morgan fingerprint density at radius 3 is 2.25 bits per heavy atom. The summed E-state index contributed by atoms with van der Waals surface area (Å²) >= 11 is 3.35. The molecule has 5 N–H and O–H groups in total. The molecule has 1 heterocycles. The molecule has 3 rings (SSSR count). The van der Waals surface area contributed by atoms with Gasteiger partial charge in [0, 0.05) is 36.3 Å². The molecule has 2 aromatic carbocycles. The van der Waals surface area contributed by atoms with Gasteiger partial charge in [-0.05, 0) is 54.8 Å². The lowest BCUT2D eigenvalue weighted by atomic mass is 10.2. The number of nitrogens with zero attached hydrogens (tertiary/aromatic N) is 3. The van der Waals surface area contributed by atoms with Gasteiger partial charge in [0.2, 0.25) is 11.9 Å².